The average Bonchev–Trinajstić information content (AvgIpc) is 2.39. The van der Waals surface area contributed by atoms with Gasteiger partial charge in [-0.3, -0.25) is 0 Å². The Morgan fingerprint density at radius 3 is 2.55 bits per heavy atom. The van der Waals surface area contributed by atoms with Crippen molar-refractivity contribution in [2.75, 3.05) is 19.4 Å². The van der Waals surface area contributed by atoms with E-state index in [-0.39, 0.29) is 5.82 Å². The van der Waals surface area contributed by atoms with Crippen molar-refractivity contribution in [2.45, 2.75) is 13.1 Å². The maximum Gasteiger partial charge on any atom is 0.129 e. The molecular weight excluding hydrogens is 275 g/mol. The van der Waals surface area contributed by atoms with Crippen molar-refractivity contribution in [1.29, 1.82) is 0 Å². The molecule has 2 aromatic carbocycles. The fourth-order valence-corrected chi connectivity index (χ4v) is 2.19. The molecule has 0 atom stereocenters. The van der Waals surface area contributed by atoms with Crippen LogP contribution in [-0.4, -0.2) is 19.0 Å². The van der Waals surface area contributed by atoms with Crippen molar-refractivity contribution in [3.05, 3.63) is 64.4 Å². The largest absolute Gasteiger partial charge is 0.381 e. The van der Waals surface area contributed by atoms with E-state index in [1.165, 1.54) is 11.6 Å². The Kier molecular flexibility index (Phi) is 4.99. The molecule has 4 heteroatoms. The minimum absolute atomic E-state index is 0.282. The standard InChI is InChI=1S/C16H18ClFN2/c1-20(2)11-13-5-3-4-6-16(13)19-10-12-7-8-14(17)9-15(12)18/h3-9,19H,10-11H2,1-2H3. The summed E-state index contributed by atoms with van der Waals surface area (Å²) in [6, 6.07) is 12.8. The molecule has 0 aliphatic carbocycles. The minimum Gasteiger partial charge on any atom is -0.381 e. The molecule has 0 bridgehead atoms. The number of nitrogens with zero attached hydrogens (tertiary/aromatic N) is 1. The van der Waals surface area contributed by atoms with Crippen LogP contribution in [0.1, 0.15) is 11.1 Å². The van der Waals surface area contributed by atoms with Gasteiger partial charge in [0.2, 0.25) is 0 Å². The Morgan fingerprint density at radius 1 is 1.10 bits per heavy atom. The number of hydrogen-bond donors (Lipinski definition) is 1. The lowest BCUT2D eigenvalue weighted by Crippen LogP contribution is -2.13. The predicted octanol–water partition coefficient (Wildman–Crippen LogP) is 4.15. The first kappa shape index (κ1) is 14.8. The molecule has 20 heavy (non-hydrogen) atoms. The Labute approximate surface area is 124 Å². The molecule has 106 valence electrons. The molecule has 0 aliphatic heterocycles. The van der Waals surface area contributed by atoms with Gasteiger partial charge >= 0.3 is 0 Å². The van der Waals surface area contributed by atoms with Crippen LogP contribution in [0.15, 0.2) is 42.5 Å². The molecule has 1 N–H and O–H groups in total. The lowest BCUT2D eigenvalue weighted by molar-refractivity contribution is 0.403. The molecule has 0 heterocycles. The summed E-state index contributed by atoms with van der Waals surface area (Å²) in [5.74, 6) is -0.282. The number of nitrogens with one attached hydrogen (secondary N) is 1. The van der Waals surface area contributed by atoms with E-state index >= 15 is 0 Å². The Bertz CT molecular complexity index is 584. The van der Waals surface area contributed by atoms with E-state index in [1.807, 2.05) is 32.3 Å². The highest BCUT2D eigenvalue weighted by molar-refractivity contribution is 6.30. The summed E-state index contributed by atoms with van der Waals surface area (Å²) in [6.07, 6.45) is 0. The third kappa shape index (κ3) is 3.95. The Balaban J connectivity index is 2.10. The van der Waals surface area contributed by atoms with E-state index in [0.717, 1.165) is 12.2 Å². The maximum atomic E-state index is 13.7. The molecule has 2 nitrogen and oxygen atoms in total. The van der Waals surface area contributed by atoms with Gasteiger partial charge in [-0.15, -0.1) is 0 Å². The van der Waals surface area contributed by atoms with E-state index < -0.39 is 0 Å². The van der Waals surface area contributed by atoms with Crippen LogP contribution in [0.2, 0.25) is 5.02 Å². The van der Waals surface area contributed by atoms with Gasteiger partial charge < -0.3 is 10.2 Å². The Hall–Kier alpha value is -1.58. The van der Waals surface area contributed by atoms with Gasteiger partial charge in [-0.1, -0.05) is 35.9 Å². The molecule has 0 fully saturated rings. The third-order valence-corrected chi connectivity index (χ3v) is 3.22. The van der Waals surface area contributed by atoms with Gasteiger partial charge in [0.1, 0.15) is 5.82 Å². The van der Waals surface area contributed by atoms with Crippen LogP contribution in [0.3, 0.4) is 0 Å². The smallest absolute Gasteiger partial charge is 0.129 e. The SMILES string of the molecule is CN(C)Cc1ccccc1NCc1ccc(Cl)cc1F. The van der Waals surface area contributed by atoms with E-state index in [9.17, 15) is 4.39 Å². The molecule has 0 radical (unpaired) electrons. The predicted molar refractivity (Wildman–Crippen MR) is 82.6 cm³/mol. The van der Waals surface area contributed by atoms with E-state index in [1.54, 1.807) is 12.1 Å². The first-order chi connectivity index (χ1) is 9.56. The number of hydrogen-bond acceptors (Lipinski definition) is 2. The van der Waals surface area contributed by atoms with Gasteiger partial charge in [0.05, 0.1) is 0 Å². The monoisotopic (exact) mass is 292 g/mol. The lowest BCUT2D eigenvalue weighted by Gasteiger charge is -2.15. The van der Waals surface area contributed by atoms with Crippen molar-refractivity contribution in [3.8, 4) is 0 Å². The summed E-state index contributed by atoms with van der Waals surface area (Å²) in [7, 11) is 4.05. The molecular formula is C16H18ClFN2. The van der Waals surface area contributed by atoms with Gasteiger partial charge in [-0.05, 0) is 37.9 Å². The summed E-state index contributed by atoms with van der Waals surface area (Å²) in [6.45, 7) is 1.28. The first-order valence-corrected chi connectivity index (χ1v) is 6.84. The van der Waals surface area contributed by atoms with E-state index in [4.69, 9.17) is 11.6 Å². The fraction of sp³-hybridized carbons (Fsp3) is 0.250. The summed E-state index contributed by atoms with van der Waals surface area (Å²) < 4.78 is 13.7. The van der Waals surface area contributed by atoms with Crippen LogP contribution in [-0.2, 0) is 13.1 Å². The van der Waals surface area contributed by atoms with E-state index in [0.29, 0.717) is 17.1 Å². The van der Waals surface area contributed by atoms with Crippen LogP contribution >= 0.6 is 11.6 Å². The normalized spacial score (nSPS) is 10.8. The highest BCUT2D eigenvalue weighted by Crippen LogP contribution is 2.19. The van der Waals surface area contributed by atoms with Crippen LogP contribution < -0.4 is 5.32 Å². The lowest BCUT2D eigenvalue weighted by atomic mass is 10.1. The topological polar surface area (TPSA) is 15.3 Å². The van der Waals surface area contributed by atoms with Gasteiger partial charge in [0.15, 0.2) is 0 Å². The van der Waals surface area contributed by atoms with Gasteiger partial charge in [-0.2, -0.15) is 0 Å². The number of anilines is 1. The van der Waals surface area contributed by atoms with Crippen molar-refractivity contribution in [1.82, 2.24) is 4.90 Å². The minimum atomic E-state index is -0.282. The molecule has 0 amide bonds. The van der Waals surface area contributed by atoms with Crippen molar-refractivity contribution < 1.29 is 4.39 Å². The molecule has 0 saturated carbocycles. The number of para-hydroxylation sites is 1. The Morgan fingerprint density at radius 2 is 1.85 bits per heavy atom. The van der Waals surface area contributed by atoms with Crippen LogP contribution in [0, 0.1) is 5.82 Å². The van der Waals surface area contributed by atoms with Crippen LogP contribution in [0.5, 0.6) is 0 Å². The maximum absolute atomic E-state index is 13.7. The van der Waals surface area contributed by atoms with Crippen molar-refractivity contribution >= 4 is 17.3 Å². The highest BCUT2D eigenvalue weighted by atomic mass is 35.5. The first-order valence-electron chi connectivity index (χ1n) is 6.46. The number of halogens is 2. The highest BCUT2D eigenvalue weighted by Gasteiger charge is 2.05. The van der Waals surface area contributed by atoms with Crippen LogP contribution in [0.4, 0.5) is 10.1 Å². The molecule has 2 rings (SSSR count). The molecule has 0 unspecified atom stereocenters. The van der Waals surface area contributed by atoms with Gasteiger partial charge in [0.25, 0.3) is 0 Å². The second-order valence-corrected chi connectivity index (χ2v) is 5.42. The van der Waals surface area contributed by atoms with Gasteiger partial charge in [-0.25, -0.2) is 4.39 Å². The van der Waals surface area contributed by atoms with Crippen molar-refractivity contribution in [2.24, 2.45) is 0 Å². The van der Waals surface area contributed by atoms with E-state index in [2.05, 4.69) is 16.3 Å². The average molecular weight is 293 g/mol. The summed E-state index contributed by atoms with van der Waals surface area (Å²) in [5, 5.41) is 3.70. The molecule has 2 aromatic rings. The molecule has 0 spiro atoms. The van der Waals surface area contributed by atoms with Crippen LogP contribution in [0.25, 0.3) is 0 Å². The summed E-state index contributed by atoms with van der Waals surface area (Å²) >= 11 is 5.75. The van der Waals surface area contributed by atoms with Gasteiger partial charge in [0, 0.05) is 29.4 Å². The second-order valence-electron chi connectivity index (χ2n) is 4.98. The summed E-state index contributed by atoms with van der Waals surface area (Å²) in [4.78, 5) is 2.10. The number of benzene rings is 2. The molecule has 0 aromatic heterocycles. The quantitative estimate of drug-likeness (QED) is 0.890. The summed E-state index contributed by atoms with van der Waals surface area (Å²) in [5.41, 5.74) is 2.82. The zero-order valence-corrected chi connectivity index (χ0v) is 12.4. The zero-order valence-electron chi connectivity index (χ0n) is 11.7. The third-order valence-electron chi connectivity index (χ3n) is 2.99. The zero-order chi connectivity index (χ0) is 14.5. The molecule has 0 aliphatic rings. The second kappa shape index (κ2) is 6.73. The number of rotatable bonds is 5. The van der Waals surface area contributed by atoms with Crippen molar-refractivity contribution in [3.63, 3.8) is 0 Å². The molecule has 0 saturated heterocycles. The fourth-order valence-electron chi connectivity index (χ4n) is 2.03.